The number of amides is 1. The van der Waals surface area contributed by atoms with Crippen LogP contribution in [0.25, 0.3) is 0 Å². The predicted octanol–water partition coefficient (Wildman–Crippen LogP) is 1.52. The van der Waals surface area contributed by atoms with Gasteiger partial charge >= 0.3 is 0 Å². The van der Waals surface area contributed by atoms with Gasteiger partial charge in [-0.3, -0.25) is 9.78 Å². The van der Waals surface area contributed by atoms with Crippen molar-refractivity contribution in [1.82, 2.24) is 10.3 Å². The van der Waals surface area contributed by atoms with Gasteiger partial charge < -0.3 is 15.2 Å². The minimum atomic E-state index is -0.226. The molecule has 1 aromatic carbocycles. The minimum absolute atomic E-state index is 0.0795. The van der Waals surface area contributed by atoms with E-state index in [1.54, 1.807) is 18.3 Å². The average molecular weight is 286 g/mol. The number of hydrogen-bond donors (Lipinski definition) is 2. The van der Waals surface area contributed by atoms with Crippen LogP contribution in [0.2, 0.25) is 0 Å². The normalized spacial score (nSPS) is 10.3. The highest BCUT2D eigenvalue weighted by Crippen LogP contribution is 2.06. The number of rotatable bonds is 7. The number of benzene rings is 1. The number of carbonyl (C=O) groups excluding carboxylic acids is 1. The Labute approximate surface area is 123 Å². The third-order valence-corrected chi connectivity index (χ3v) is 2.84. The Morgan fingerprint density at radius 1 is 1.19 bits per heavy atom. The minimum Gasteiger partial charge on any atom is -0.395 e. The third kappa shape index (κ3) is 4.98. The highest BCUT2D eigenvalue weighted by atomic mass is 16.5. The number of aromatic nitrogens is 1. The summed E-state index contributed by atoms with van der Waals surface area (Å²) >= 11 is 0. The highest BCUT2D eigenvalue weighted by Gasteiger charge is 2.06. The van der Waals surface area contributed by atoms with Gasteiger partial charge in [-0.15, -0.1) is 0 Å². The van der Waals surface area contributed by atoms with E-state index in [1.165, 1.54) is 0 Å². The van der Waals surface area contributed by atoms with Crippen LogP contribution >= 0.6 is 0 Å². The standard InChI is InChI=1S/C16H18N2O3/c19-9-8-18-16(20)14-6-7-17-15(10-14)12-21-11-13-4-2-1-3-5-13/h1-7,10,19H,8-9,11-12H2,(H,18,20). The van der Waals surface area contributed by atoms with E-state index in [-0.39, 0.29) is 19.1 Å². The molecule has 0 aliphatic rings. The van der Waals surface area contributed by atoms with Gasteiger partial charge in [0.25, 0.3) is 5.91 Å². The van der Waals surface area contributed by atoms with Gasteiger partial charge in [0, 0.05) is 18.3 Å². The number of ether oxygens (including phenoxy) is 1. The molecule has 1 aromatic heterocycles. The number of aliphatic hydroxyl groups excluding tert-OH is 1. The van der Waals surface area contributed by atoms with Gasteiger partial charge in [-0.2, -0.15) is 0 Å². The van der Waals surface area contributed by atoms with Crippen molar-refractivity contribution < 1.29 is 14.6 Å². The van der Waals surface area contributed by atoms with E-state index in [9.17, 15) is 4.79 Å². The number of pyridine rings is 1. The second-order valence-electron chi connectivity index (χ2n) is 4.49. The number of nitrogens with zero attached hydrogens (tertiary/aromatic N) is 1. The molecule has 0 saturated heterocycles. The first-order valence-corrected chi connectivity index (χ1v) is 6.75. The molecule has 21 heavy (non-hydrogen) atoms. The van der Waals surface area contributed by atoms with Gasteiger partial charge in [0.2, 0.25) is 0 Å². The molecule has 2 N–H and O–H groups in total. The Morgan fingerprint density at radius 3 is 2.76 bits per heavy atom. The maximum Gasteiger partial charge on any atom is 0.251 e. The number of hydrogen-bond acceptors (Lipinski definition) is 4. The molecule has 1 amide bonds. The van der Waals surface area contributed by atoms with Crippen LogP contribution in [-0.4, -0.2) is 29.1 Å². The van der Waals surface area contributed by atoms with Crippen LogP contribution in [0.1, 0.15) is 21.6 Å². The fraction of sp³-hybridized carbons (Fsp3) is 0.250. The molecule has 0 saturated carbocycles. The summed E-state index contributed by atoms with van der Waals surface area (Å²) in [5.41, 5.74) is 2.30. The predicted molar refractivity (Wildman–Crippen MR) is 78.6 cm³/mol. The number of nitrogens with one attached hydrogen (secondary N) is 1. The van der Waals surface area contributed by atoms with Crippen molar-refractivity contribution in [1.29, 1.82) is 0 Å². The molecule has 0 aliphatic carbocycles. The molecule has 5 heteroatoms. The molecular formula is C16H18N2O3. The molecule has 2 rings (SSSR count). The van der Waals surface area contributed by atoms with Crippen LogP contribution in [-0.2, 0) is 18.0 Å². The first kappa shape index (κ1) is 15.2. The molecule has 0 radical (unpaired) electrons. The van der Waals surface area contributed by atoms with Gasteiger partial charge in [-0.1, -0.05) is 30.3 Å². The third-order valence-electron chi connectivity index (χ3n) is 2.84. The first-order valence-electron chi connectivity index (χ1n) is 6.75. The zero-order chi connectivity index (χ0) is 14.9. The topological polar surface area (TPSA) is 71.5 Å². The van der Waals surface area contributed by atoms with Gasteiger partial charge in [-0.25, -0.2) is 0 Å². The Balaban J connectivity index is 1.87. The van der Waals surface area contributed by atoms with Crippen molar-refractivity contribution >= 4 is 5.91 Å². The molecule has 1 heterocycles. The molecule has 0 fully saturated rings. The van der Waals surface area contributed by atoms with Crippen molar-refractivity contribution in [3.8, 4) is 0 Å². The van der Waals surface area contributed by atoms with E-state index in [2.05, 4.69) is 10.3 Å². The lowest BCUT2D eigenvalue weighted by molar-refractivity contribution is 0.0941. The summed E-state index contributed by atoms with van der Waals surface area (Å²) in [5, 5.41) is 11.3. The molecule has 5 nitrogen and oxygen atoms in total. The van der Waals surface area contributed by atoms with Crippen molar-refractivity contribution in [3.63, 3.8) is 0 Å². The smallest absolute Gasteiger partial charge is 0.251 e. The summed E-state index contributed by atoms with van der Waals surface area (Å²) in [5.74, 6) is -0.226. The van der Waals surface area contributed by atoms with E-state index in [0.29, 0.717) is 24.5 Å². The first-order chi connectivity index (χ1) is 10.3. The van der Waals surface area contributed by atoms with Crippen LogP contribution in [0, 0.1) is 0 Å². The Bertz CT molecular complexity index is 573. The van der Waals surface area contributed by atoms with E-state index >= 15 is 0 Å². The zero-order valence-corrected chi connectivity index (χ0v) is 11.7. The number of aliphatic hydroxyl groups is 1. The highest BCUT2D eigenvalue weighted by molar-refractivity contribution is 5.94. The SMILES string of the molecule is O=C(NCCO)c1ccnc(COCc2ccccc2)c1. The molecule has 0 bridgehead atoms. The summed E-state index contributed by atoms with van der Waals surface area (Å²) in [6, 6.07) is 13.2. The van der Waals surface area contributed by atoms with Gasteiger partial charge in [-0.05, 0) is 17.7 Å². The van der Waals surface area contributed by atoms with E-state index in [4.69, 9.17) is 9.84 Å². The summed E-state index contributed by atoms with van der Waals surface area (Å²) < 4.78 is 5.59. The molecule has 110 valence electrons. The largest absolute Gasteiger partial charge is 0.395 e. The van der Waals surface area contributed by atoms with Gasteiger partial charge in [0.1, 0.15) is 0 Å². The quantitative estimate of drug-likeness (QED) is 0.809. The van der Waals surface area contributed by atoms with Crippen LogP contribution < -0.4 is 5.32 Å². The lowest BCUT2D eigenvalue weighted by Crippen LogP contribution is -2.26. The molecule has 0 aliphatic heterocycles. The Hall–Kier alpha value is -2.24. The summed E-state index contributed by atoms with van der Waals surface area (Å²) in [7, 11) is 0. The zero-order valence-electron chi connectivity index (χ0n) is 11.7. The lowest BCUT2D eigenvalue weighted by Gasteiger charge is -2.06. The maximum atomic E-state index is 11.8. The van der Waals surface area contributed by atoms with Crippen molar-refractivity contribution in [2.75, 3.05) is 13.2 Å². The molecule has 0 spiro atoms. The molecule has 0 unspecified atom stereocenters. The van der Waals surface area contributed by atoms with Crippen LogP contribution in [0.5, 0.6) is 0 Å². The summed E-state index contributed by atoms with van der Waals surface area (Å²) in [6.45, 7) is 1.00. The van der Waals surface area contributed by atoms with E-state index < -0.39 is 0 Å². The second kappa shape index (κ2) is 8.14. The van der Waals surface area contributed by atoms with Crippen molar-refractivity contribution in [2.24, 2.45) is 0 Å². The number of carbonyl (C=O) groups is 1. The van der Waals surface area contributed by atoms with Crippen molar-refractivity contribution in [3.05, 3.63) is 65.5 Å². The van der Waals surface area contributed by atoms with Gasteiger partial charge in [0.15, 0.2) is 0 Å². The second-order valence-corrected chi connectivity index (χ2v) is 4.49. The average Bonchev–Trinajstić information content (AvgIpc) is 2.54. The monoisotopic (exact) mass is 286 g/mol. The Morgan fingerprint density at radius 2 is 2.00 bits per heavy atom. The van der Waals surface area contributed by atoms with Crippen LogP contribution in [0.4, 0.5) is 0 Å². The molecule has 2 aromatic rings. The Kier molecular flexibility index (Phi) is 5.87. The fourth-order valence-electron chi connectivity index (χ4n) is 1.82. The van der Waals surface area contributed by atoms with Crippen molar-refractivity contribution in [2.45, 2.75) is 13.2 Å². The summed E-state index contributed by atoms with van der Waals surface area (Å²) in [4.78, 5) is 15.9. The van der Waals surface area contributed by atoms with E-state index in [0.717, 1.165) is 5.56 Å². The lowest BCUT2D eigenvalue weighted by atomic mass is 10.2. The van der Waals surface area contributed by atoms with E-state index in [1.807, 2.05) is 30.3 Å². The summed E-state index contributed by atoms with van der Waals surface area (Å²) in [6.07, 6.45) is 1.58. The van der Waals surface area contributed by atoms with Crippen LogP contribution in [0.15, 0.2) is 48.7 Å². The van der Waals surface area contributed by atoms with Gasteiger partial charge in [0.05, 0.1) is 25.5 Å². The fourth-order valence-corrected chi connectivity index (χ4v) is 1.82. The maximum absolute atomic E-state index is 11.8. The van der Waals surface area contributed by atoms with Crippen LogP contribution in [0.3, 0.4) is 0 Å². The molecule has 0 atom stereocenters. The molecular weight excluding hydrogens is 268 g/mol.